The highest BCUT2D eigenvalue weighted by molar-refractivity contribution is 6.42. The van der Waals surface area contributed by atoms with Gasteiger partial charge in [-0.3, -0.25) is 4.79 Å². The Labute approximate surface area is 176 Å². The zero-order valence-electron chi connectivity index (χ0n) is 16.0. The van der Waals surface area contributed by atoms with Crippen molar-refractivity contribution in [2.75, 3.05) is 5.32 Å². The lowest BCUT2D eigenvalue weighted by atomic mass is 9.48. The Morgan fingerprint density at radius 1 is 1.18 bits per heavy atom. The summed E-state index contributed by atoms with van der Waals surface area (Å²) >= 11 is 11.9. The number of rotatable bonds is 5. The molecule has 4 saturated carbocycles. The van der Waals surface area contributed by atoms with Crippen LogP contribution in [0.25, 0.3) is 0 Å². The third-order valence-corrected chi connectivity index (χ3v) is 7.76. The fourth-order valence-electron chi connectivity index (χ4n) is 6.03. The van der Waals surface area contributed by atoms with E-state index < -0.39 is 0 Å². The summed E-state index contributed by atoms with van der Waals surface area (Å²) in [7, 11) is 0. The summed E-state index contributed by atoms with van der Waals surface area (Å²) in [5.74, 6) is 2.16. The standard InChI is InChI=1S/C22H25Cl2N3O/c1-13(22-8-14-4-15(9-22)6-16(5-14)10-22)27-21(28)17(11-25)12-26-18-2-3-19(23)20(24)7-18/h2-3,7,12-16,26H,4-6,8-10H2,1H3,(H,27,28)/b17-12-. The quantitative estimate of drug-likeness (QED) is 0.488. The van der Waals surface area contributed by atoms with Crippen molar-refractivity contribution in [1.29, 1.82) is 5.26 Å². The molecular formula is C22H25Cl2N3O. The first kappa shape index (κ1) is 19.6. The summed E-state index contributed by atoms with van der Waals surface area (Å²) in [5.41, 5.74) is 0.939. The van der Waals surface area contributed by atoms with Crippen LogP contribution in [0.1, 0.15) is 45.4 Å². The van der Waals surface area contributed by atoms with Crippen LogP contribution in [-0.2, 0) is 4.79 Å². The van der Waals surface area contributed by atoms with Gasteiger partial charge >= 0.3 is 0 Å². The van der Waals surface area contributed by atoms with Crippen LogP contribution >= 0.6 is 23.2 Å². The molecule has 1 aromatic rings. The zero-order valence-corrected chi connectivity index (χ0v) is 17.5. The van der Waals surface area contributed by atoms with E-state index >= 15 is 0 Å². The van der Waals surface area contributed by atoms with Gasteiger partial charge < -0.3 is 10.6 Å². The number of nitrogens with zero attached hydrogens (tertiary/aromatic N) is 1. The van der Waals surface area contributed by atoms with Crippen LogP contribution in [0.2, 0.25) is 10.0 Å². The van der Waals surface area contributed by atoms with Crippen molar-refractivity contribution in [2.24, 2.45) is 23.2 Å². The highest BCUT2D eigenvalue weighted by atomic mass is 35.5. The van der Waals surface area contributed by atoms with Crippen LogP contribution in [0.15, 0.2) is 30.0 Å². The summed E-state index contributed by atoms with van der Waals surface area (Å²) in [5, 5.41) is 16.4. The molecule has 4 aliphatic rings. The first-order chi connectivity index (χ1) is 13.4. The predicted octanol–water partition coefficient (Wildman–Crippen LogP) is 5.53. The molecule has 5 rings (SSSR count). The normalized spacial score (nSPS) is 31.9. The summed E-state index contributed by atoms with van der Waals surface area (Å²) < 4.78 is 0. The highest BCUT2D eigenvalue weighted by Crippen LogP contribution is 2.61. The number of anilines is 1. The van der Waals surface area contributed by atoms with Crippen LogP contribution in [0.3, 0.4) is 0 Å². The second kappa shape index (κ2) is 7.61. The topological polar surface area (TPSA) is 64.9 Å². The van der Waals surface area contributed by atoms with Crippen molar-refractivity contribution in [3.8, 4) is 6.07 Å². The minimum absolute atomic E-state index is 0.0580. The third-order valence-electron chi connectivity index (χ3n) is 7.02. The van der Waals surface area contributed by atoms with E-state index in [-0.39, 0.29) is 22.9 Å². The average Bonchev–Trinajstić information content (AvgIpc) is 2.64. The van der Waals surface area contributed by atoms with Crippen molar-refractivity contribution < 1.29 is 4.79 Å². The minimum atomic E-state index is -0.321. The van der Waals surface area contributed by atoms with Crippen LogP contribution in [0.4, 0.5) is 5.69 Å². The predicted molar refractivity (Wildman–Crippen MR) is 112 cm³/mol. The fourth-order valence-corrected chi connectivity index (χ4v) is 6.32. The largest absolute Gasteiger partial charge is 0.360 e. The molecule has 6 heteroatoms. The molecule has 28 heavy (non-hydrogen) atoms. The molecule has 2 N–H and O–H groups in total. The van der Waals surface area contributed by atoms with Gasteiger partial charge in [0.15, 0.2) is 0 Å². The number of nitriles is 1. The van der Waals surface area contributed by atoms with Crippen molar-refractivity contribution >= 4 is 34.8 Å². The van der Waals surface area contributed by atoms with Gasteiger partial charge in [0.25, 0.3) is 5.91 Å². The molecule has 1 atom stereocenters. The van der Waals surface area contributed by atoms with Gasteiger partial charge in [-0.1, -0.05) is 23.2 Å². The summed E-state index contributed by atoms with van der Waals surface area (Å²) in [6, 6.07) is 7.16. The van der Waals surface area contributed by atoms with Crippen molar-refractivity contribution in [3.05, 3.63) is 40.0 Å². The lowest BCUT2D eigenvalue weighted by Gasteiger charge is -2.59. The van der Waals surface area contributed by atoms with E-state index in [1.54, 1.807) is 18.2 Å². The van der Waals surface area contributed by atoms with E-state index in [1.807, 2.05) is 6.07 Å². The monoisotopic (exact) mass is 417 g/mol. The van der Waals surface area contributed by atoms with E-state index in [9.17, 15) is 10.1 Å². The van der Waals surface area contributed by atoms with Gasteiger partial charge in [0.1, 0.15) is 11.6 Å². The number of carbonyl (C=O) groups is 1. The maximum Gasteiger partial charge on any atom is 0.263 e. The Morgan fingerprint density at radius 3 is 2.32 bits per heavy atom. The molecule has 1 unspecified atom stereocenters. The number of hydrogen-bond acceptors (Lipinski definition) is 3. The van der Waals surface area contributed by atoms with Crippen LogP contribution in [-0.4, -0.2) is 11.9 Å². The van der Waals surface area contributed by atoms with Crippen LogP contribution < -0.4 is 10.6 Å². The average molecular weight is 418 g/mol. The molecule has 1 aromatic carbocycles. The molecule has 4 fully saturated rings. The van der Waals surface area contributed by atoms with E-state index in [0.717, 1.165) is 17.8 Å². The molecule has 1 amide bonds. The van der Waals surface area contributed by atoms with Gasteiger partial charge in [-0.15, -0.1) is 0 Å². The van der Waals surface area contributed by atoms with Gasteiger partial charge in [-0.25, -0.2) is 0 Å². The van der Waals surface area contributed by atoms with Gasteiger partial charge in [-0.05, 0) is 86.8 Å². The van der Waals surface area contributed by atoms with E-state index in [2.05, 4.69) is 17.6 Å². The molecule has 0 aliphatic heterocycles. The Bertz CT molecular complexity index is 823. The Hall–Kier alpha value is -1.70. The number of benzene rings is 1. The Kier molecular flexibility index (Phi) is 5.33. The minimum Gasteiger partial charge on any atom is -0.360 e. The number of hydrogen-bond donors (Lipinski definition) is 2. The molecule has 0 aromatic heterocycles. The summed E-state index contributed by atoms with van der Waals surface area (Å²) in [6.07, 6.45) is 9.19. The number of halogens is 2. The van der Waals surface area contributed by atoms with Gasteiger partial charge in [0.2, 0.25) is 0 Å². The van der Waals surface area contributed by atoms with Gasteiger partial charge in [0, 0.05) is 17.9 Å². The lowest BCUT2D eigenvalue weighted by Crippen LogP contribution is -2.56. The van der Waals surface area contributed by atoms with Gasteiger partial charge in [-0.2, -0.15) is 5.26 Å². The van der Waals surface area contributed by atoms with E-state index in [1.165, 1.54) is 44.7 Å². The molecule has 0 saturated heterocycles. The Balaban J connectivity index is 1.43. The lowest BCUT2D eigenvalue weighted by molar-refractivity contribution is -0.122. The van der Waals surface area contributed by atoms with E-state index in [4.69, 9.17) is 23.2 Å². The van der Waals surface area contributed by atoms with Gasteiger partial charge in [0.05, 0.1) is 10.0 Å². The maximum atomic E-state index is 12.7. The first-order valence-corrected chi connectivity index (χ1v) is 10.8. The molecular weight excluding hydrogens is 393 g/mol. The molecule has 4 aliphatic carbocycles. The fraction of sp³-hybridized carbons (Fsp3) is 0.545. The highest BCUT2D eigenvalue weighted by Gasteiger charge is 2.53. The van der Waals surface area contributed by atoms with Crippen molar-refractivity contribution in [2.45, 2.75) is 51.5 Å². The second-order valence-electron chi connectivity index (χ2n) is 8.92. The molecule has 148 valence electrons. The maximum absolute atomic E-state index is 12.7. The number of carbonyl (C=O) groups excluding carboxylic acids is 1. The Morgan fingerprint density at radius 2 is 1.79 bits per heavy atom. The molecule has 0 heterocycles. The smallest absolute Gasteiger partial charge is 0.263 e. The number of nitrogens with one attached hydrogen (secondary N) is 2. The first-order valence-electron chi connectivity index (χ1n) is 10.0. The molecule has 4 nitrogen and oxygen atoms in total. The zero-order chi connectivity index (χ0) is 19.9. The molecule has 0 radical (unpaired) electrons. The third kappa shape index (κ3) is 3.75. The van der Waals surface area contributed by atoms with Crippen LogP contribution in [0.5, 0.6) is 0 Å². The molecule has 0 spiro atoms. The van der Waals surface area contributed by atoms with Crippen molar-refractivity contribution in [3.63, 3.8) is 0 Å². The second-order valence-corrected chi connectivity index (χ2v) is 9.73. The summed E-state index contributed by atoms with van der Waals surface area (Å²) in [6.45, 7) is 2.12. The molecule has 4 bridgehead atoms. The van der Waals surface area contributed by atoms with Crippen LogP contribution in [0, 0.1) is 34.5 Å². The summed E-state index contributed by atoms with van der Waals surface area (Å²) in [4.78, 5) is 12.7. The SMILES string of the molecule is CC(NC(=O)/C(C#N)=C\Nc1ccc(Cl)c(Cl)c1)C12CC3CC(CC(C3)C1)C2. The van der Waals surface area contributed by atoms with E-state index in [0.29, 0.717) is 15.7 Å². The number of amides is 1. The van der Waals surface area contributed by atoms with Crippen molar-refractivity contribution in [1.82, 2.24) is 5.32 Å².